The average Bonchev–Trinajstić information content (AvgIpc) is 2.60. The second-order valence-corrected chi connectivity index (χ2v) is 5.55. The minimum Gasteiger partial charge on any atom is -0.398 e. The molecule has 0 amide bonds. The van der Waals surface area contributed by atoms with Gasteiger partial charge in [0.25, 0.3) is 0 Å². The zero-order valence-corrected chi connectivity index (χ0v) is 11.0. The van der Waals surface area contributed by atoms with Crippen LogP contribution < -0.4 is 5.73 Å². The lowest BCUT2D eigenvalue weighted by Gasteiger charge is -2.05. The highest BCUT2D eigenvalue weighted by Gasteiger charge is 2.16. The molecule has 2 nitrogen and oxygen atoms in total. The molecule has 3 heteroatoms. The molecule has 1 heterocycles. The molecule has 0 bridgehead atoms. The number of hydrogen-bond donors (Lipinski definition) is 1. The molecule has 2 rings (SSSR count). The third kappa shape index (κ3) is 2.24. The molecule has 0 saturated heterocycles. The molecule has 0 spiro atoms. The zero-order chi connectivity index (χ0) is 12.6. The van der Waals surface area contributed by atoms with E-state index >= 15 is 0 Å². The molecular formula is C14H15NOS. The van der Waals surface area contributed by atoms with Gasteiger partial charge in [-0.25, -0.2) is 0 Å². The van der Waals surface area contributed by atoms with Crippen LogP contribution in [0.2, 0.25) is 0 Å². The fourth-order valence-corrected chi connectivity index (χ4v) is 2.84. The number of thiophene rings is 1. The van der Waals surface area contributed by atoms with Crippen LogP contribution in [0.25, 0.3) is 0 Å². The Labute approximate surface area is 105 Å². The van der Waals surface area contributed by atoms with Gasteiger partial charge in [0.1, 0.15) is 0 Å². The van der Waals surface area contributed by atoms with Crippen molar-refractivity contribution in [2.24, 2.45) is 0 Å². The minimum atomic E-state index is 0.0294. The lowest BCUT2D eigenvalue weighted by molar-refractivity contribution is 0.104. The zero-order valence-electron chi connectivity index (χ0n) is 10.2. The second kappa shape index (κ2) is 4.34. The smallest absolute Gasteiger partial charge is 0.205 e. The van der Waals surface area contributed by atoms with Crippen LogP contribution in [-0.4, -0.2) is 5.78 Å². The fourth-order valence-electron chi connectivity index (χ4n) is 1.86. The molecule has 0 saturated carbocycles. The van der Waals surface area contributed by atoms with E-state index in [2.05, 4.69) is 0 Å². The Kier molecular flexibility index (Phi) is 3.03. The van der Waals surface area contributed by atoms with Crippen LogP contribution in [0.5, 0.6) is 0 Å². The fraction of sp³-hybridized carbons (Fsp3) is 0.214. The topological polar surface area (TPSA) is 43.1 Å². The van der Waals surface area contributed by atoms with Crippen LogP contribution in [0.15, 0.2) is 24.3 Å². The highest BCUT2D eigenvalue weighted by atomic mass is 32.1. The van der Waals surface area contributed by atoms with Gasteiger partial charge in [0.2, 0.25) is 5.78 Å². The van der Waals surface area contributed by atoms with Gasteiger partial charge in [-0.2, -0.15) is 0 Å². The molecule has 0 fully saturated rings. The maximum Gasteiger partial charge on any atom is 0.205 e. The van der Waals surface area contributed by atoms with Gasteiger partial charge in [-0.3, -0.25) is 4.79 Å². The van der Waals surface area contributed by atoms with E-state index in [1.807, 2.05) is 39.0 Å². The Hall–Kier alpha value is -1.61. The van der Waals surface area contributed by atoms with Crippen molar-refractivity contribution in [2.45, 2.75) is 20.8 Å². The summed E-state index contributed by atoms with van der Waals surface area (Å²) >= 11 is 1.53. The molecule has 17 heavy (non-hydrogen) atoms. The van der Waals surface area contributed by atoms with Crippen LogP contribution in [-0.2, 0) is 0 Å². The van der Waals surface area contributed by atoms with Gasteiger partial charge in [-0.15, -0.1) is 11.3 Å². The van der Waals surface area contributed by atoms with Crippen molar-refractivity contribution in [3.05, 3.63) is 50.7 Å². The van der Waals surface area contributed by atoms with E-state index in [1.54, 1.807) is 6.07 Å². The molecule has 0 aliphatic heterocycles. The third-order valence-electron chi connectivity index (χ3n) is 2.70. The molecule has 0 radical (unpaired) electrons. The van der Waals surface area contributed by atoms with E-state index in [0.29, 0.717) is 11.3 Å². The van der Waals surface area contributed by atoms with Crippen molar-refractivity contribution in [3.8, 4) is 0 Å². The summed E-state index contributed by atoms with van der Waals surface area (Å²) in [5, 5.41) is 0. The number of hydrogen-bond acceptors (Lipinski definition) is 3. The Morgan fingerprint density at radius 1 is 1.18 bits per heavy atom. The predicted octanol–water partition coefficient (Wildman–Crippen LogP) is 3.49. The van der Waals surface area contributed by atoms with E-state index in [4.69, 9.17) is 5.73 Å². The van der Waals surface area contributed by atoms with Gasteiger partial charge in [0, 0.05) is 16.1 Å². The first-order chi connectivity index (χ1) is 7.99. The third-order valence-corrected chi connectivity index (χ3v) is 3.85. The highest BCUT2D eigenvalue weighted by Crippen LogP contribution is 2.26. The van der Waals surface area contributed by atoms with Gasteiger partial charge in [0.05, 0.1) is 4.88 Å². The molecule has 0 atom stereocenters. The Balaban J connectivity index is 2.50. The Bertz CT molecular complexity index is 584. The lowest BCUT2D eigenvalue weighted by Crippen LogP contribution is -2.05. The number of benzene rings is 1. The van der Waals surface area contributed by atoms with Crippen molar-refractivity contribution in [1.82, 2.24) is 0 Å². The van der Waals surface area contributed by atoms with Crippen molar-refractivity contribution >= 4 is 22.8 Å². The van der Waals surface area contributed by atoms with E-state index in [-0.39, 0.29) is 5.78 Å². The predicted molar refractivity (Wildman–Crippen MR) is 72.8 cm³/mol. The van der Waals surface area contributed by atoms with Crippen LogP contribution in [0.3, 0.4) is 0 Å². The number of carbonyl (C=O) groups excluding carboxylic acids is 1. The first-order valence-corrected chi connectivity index (χ1v) is 6.28. The normalized spacial score (nSPS) is 10.5. The van der Waals surface area contributed by atoms with E-state index in [0.717, 1.165) is 20.9 Å². The van der Waals surface area contributed by atoms with Crippen LogP contribution in [0, 0.1) is 20.8 Å². The summed E-state index contributed by atoms with van der Waals surface area (Å²) in [5.41, 5.74) is 9.10. The Morgan fingerprint density at radius 2 is 1.88 bits per heavy atom. The largest absolute Gasteiger partial charge is 0.398 e. The summed E-state index contributed by atoms with van der Waals surface area (Å²) in [6, 6.07) is 7.59. The molecule has 2 N–H and O–H groups in total. The van der Waals surface area contributed by atoms with Gasteiger partial charge < -0.3 is 5.73 Å². The van der Waals surface area contributed by atoms with Crippen LogP contribution >= 0.6 is 11.3 Å². The molecular weight excluding hydrogens is 230 g/mol. The molecule has 1 aromatic heterocycles. The van der Waals surface area contributed by atoms with Crippen molar-refractivity contribution in [2.75, 3.05) is 5.73 Å². The number of carbonyl (C=O) groups is 1. The number of aryl methyl sites for hydroxylation is 3. The summed E-state index contributed by atoms with van der Waals surface area (Å²) in [7, 11) is 0. The Morgan fingerprint density at radius 3 is 2.47 bits per heavy atom. The summed E-state index contributed by atoms with van der Waals surface area (Å²) < 4.78 is 0. The molecule has 1 aromatic carbocycles. The number of anilines is 1. The number of ketones is 1. The number of rotatable bonds is 2. The van der Waals surface area contributed by atoms with Gasteiger partial charge in [-0.05, 0) is 44.5 Å². The van der Waals surface area contributed by atoms with Crippen molar-refractivity contribution in [1.29, 1.82) is 0 Å². The standard InChI is InChI=1S/C14H15NOS/c1-8-4-5-12(15)11(6-8)13(16)14-9(2)7-10(3)17-14/h4-7H,15H2,1-3H3. The van der Waals surface area contributed by atoms with Crippen molar-refractivity contribution in [3.63, 3.8) is 0 Å². The second-order valence-electron chi connectivity index (χ2n) is 4.29. The summed E-state index contributed by atoms with van der Waals surface area (Å²) in [4.78, 5) is 14.3. The average molecular weight is 245 g/mol. The van der Waals surface area contributed by atoms with Crippen LogP contribution in [0.4, 0.5) is 5.69 Å². The van der Waals surface area contributed by atoms with E-state index < -0.39 is 0 Å². The highest BCUT2D eigenvalue weighted by molar-refractivity contribution is 7.14. The summed E-state index contributed by atoms with van der Waals surface area (Å²) in [5.74, 6) is 0.0294. The summed E-state index contributed by atoms with van der Waals surface area (Å²) in [6.07, 6.45) is 0. The first-order valence-electron chi connectivity index (χ1n) is 5.47. The van der Waals surface area contributed by atoms with Crippen molar-refractivity contribution < 1.29 is 4.79 Å². The minimum absolute atomic E-state index is 0.0294. The maximum absolute atomic E-state index is 12.4. The first kappa shape index (κ1) is 11.9. The molecule has 2 aromatic rings. The quantitative estimate of drug-likeness (QED) is 0.650. The van der Waals surface area contributed by atoms with Gasteiger partial charge in [-0.1, -0.05) is 11.6 Å². The van der Waals surface area contributed by atoms with E-state index in [1.165, 1.54) is 11.3 Å². The number of nitrogen functional groups attached to an aromatic ring is 1. The molecule has 88 valence electrons. The molecule has 0 aliphatic carbocycles. The maximum atomic E-state index is 12.4. The lowest BCUT2D eigenvalue weighted by atomic mass is 10.0. The SMILES string of the molecule is Cc1ccc(N)c(C(=O)c2sc(C)cc2C)c1. The van der Waals surface area contributed by atoms with E-state index in [9.17, 15) is 4.79 Å². The van der Waals surface area contributed by atoms with Gasteiger partial charge >= 0.3 is 0 Å². The molecule has 0 aliphatic rings. The molecule has 0 unspecified atom stereocenters. The van der Waals surface area contributed by atoms with Gasteiger partial charge in [0.15, 0.2) is 0 Å². The monoisotopic (exact) mass is 245 g/mol. The number of nitrogens with two attached hydrogens (primary N) is 1. The van der Waals surface area contributed by atoms with Crippen LogP contribution in [0.1, 0.15) is 31.2 Å². The summed E-state index contributed by atoms with van der Waals surface area (Å²) in [6.45, 7) is 5.93.